The molecule has 0 amide bonds. The van der Waals surface area contributed by atoms with Crippen molar-refractivity contribution in [1.29, 1.82) is 0 Å². The van der Waals surface area contributed by atoms with Gasteiger partial charge >= 0.3 is 6.87 Å². The fourth-order valence-corrected chi connectivity index (χ4v) is 4.64. The molecule has 0 bridgehead atoms. The lowest BCUT2D eigenvalue weighted by molar-refractivity contribution is 0.305. The van der Waals surface area contributed by atoms with Gasteiger partial charge in [0.2, 0.25) is 0 Å². The zero-order chi connectivity index (χ0) is 14.7. The van der Waals surface area contributed by atoms with Crippen LogP contribution >= 0.6 is 18.1 Å². The summed E-state index contributed by atoms with van der Waals surface area (Å²) in [5.41, 5.74) is 2.28. The lowest BCUT2D eigenvalue weighted by Crippen LogP contribution is -2.29. The molecule has 2 aromatic carbocycles. The summed E-state index contributed by atoms with van der Waals surface area (Å²) in [6.07, 6.45) is 0.782. The van der Waals surface area contributed by atoms with Crippen molar-refractivity contribution < 1.29 is 9.09 Å². The Morgan fingerprint density at radius 1 is 1.05 bits per heavy atom. The van der Waals surface area contributed by atoms with Crippen molar-refractivity contribution in [2.24, 2.45) is 0 Å². The lowest BCUT2D eigenvalue weighted by Gasteiger charge is -2.24. The van der Waals surface area contributed by atoms with Crippen LogP contribution in [0.3, 0.4) is 0 Å². The summed E-state index contributed by atoms with van der Waals surface area (Å²) < 4.78 is 19.6. The largest absolute Gasteiger partial charge is 0.363 e. The molecule has 0 N–H and O–H groups in total. The smallest absolute Gasteiger partial charge is 0.304 e. The first-order valence-electron chi connectivity index (χ1n) is 6.94. The van der Waals surface area contributed by atoms with Crippen molar-refractivity contribution in [3.63, 3.8) is 0 Å². The van der Waals surface area contributed by atoms with E-state index < -0.39 is 6.87 Å². The van der Waals surface area contributed by atoms with E-state index in [9.17, 15) is 4.57 Å². The summed E-state index contributed by atoms with van der Waals surface area (Å²) in [5.74, 6) is 0. The van der Waals surface area contributed by atoms with Gasteiger partial charge in [-0.3, -0.25) is 4.57 Å². The van der Waals surface area contributed by atoms with E-state index in [1.807, 2.05) is 48.5 Å². The van der Waals surface area contributed by atoms with Crippen LogP contribution in [0.1, 0.15) is 11.1 Å². The maximum Gasteiger partial charge on any atom is 0.363 e. The normalized spacial score (nSPS) is 26.0. The molecular formula is C16H17ClNO2P. The van der Waals surface area contributed by atoms with Crippen LogP contribution in [0, 0.1) is 0 Å². The second-order valence-electron chi connectivity index (χ2n) is 5.17. The average molecular weight is 322 g/mol. The van der Waals surface area contributed by atoms with Gasteiger partial charge in [-0.15, -0.1) is 0 Å². The first kappa shape index (κ1) is 14.8. The molecule has 0 saturated carbocycles. The number of nitrogens with zero attached hydrogens (tertiary/aromatic N) is 1. The van der Waals surface area contributed by atoms with Crippen LogP contribution in [-0.4, -0.2) is 17.3 Å². The Balaban J connectivity index is 1.78. The number of hydrogen-bond donors (Lipinski definition) is 0. The molecule has 0 radical (unpaired) electrons. The molecule has 110 valence electrons. The Hall–Kier alpha value is -1.12. The van der Waals surface area contributed by atoms with Crippen LogP contribution in [0.2, 0.25) is 0 Å². The van der Waals surface area contributed by atoms with E-state index in [0.717, 1.165) is 12.0 Å². The Kier molecular flexibility index (Phi) is 4.46. The van der Waals surface area contributed by atoms with Crippen molar-refractivity contribution in [2.45, 2.75) is 19.0 Å². The fourth-order valence-electron chi connectivity index (χ4n) is 2.57. The Labute approximate surface area is 129 Å². The van der Waals surface area contributed by atoms with Crippen LogP contribution in [0.15, 0.2) is 60.7 Å². The minimum Gasteiger partial charge on any atom is -0.304 e. The minimum absolute atomic E-state index is 0.0379. The number of hydrogen-bond acceptors (Lipinski definition) is 2. The van der Waals surface area contributed by atoms with Crippen LogP contribution in [-0.2, 0) is 22.1 Å². The standard InChI is InChI=1S/C16H17ClNO2P/c17-21(19)18(12-15-9-5-2-6-10-15)16(13-20-21)11-14-7-3-1-4-8-14/h1-10,16H,11-13H2/t16-,21-/m0/s1. The molecule has 0 spiro atoms. The highest BCUT2D eigenvalue weighted by Gasteiger charge is 2.42. The topological polar surface area (TPSA) is 29.5 Å². The predicted octanol–water partition coefficient (Wildman–Crippen LogP) is 4.48. The second-order valence-corrected chi connectivity index (χ2v) is 8.13. The van der Waals surface area contributed by atoms with Gasteiger partial charge in [-0.25, -0.2) is 4.67 Å². The Morgan fingerprint density at radius 2 is 1.62 bits per heavy atom. The summed E-state index contributed by atoms with van der Waals surface area (Å²) in [6, 6.07) is 20.1. The van der Waals surface area contributed by atoms with Crippen molar-refractivity contribution in [1.82, 2.24) is 4.67 Å². The van der Waals surface area contributed by atoms with Crippen molar-refractivity contribution in [3.8, 4) is 0 Å². The van der Waals surface area contributed by atoms with E-state index in [2.05, 4.69) is 12.1 Å². The van der Waals surface area contributed by atoms with E-state index >= 15 is 0 Å². The molecule has 1 aliphatic heterocycles. The van der Waals surface area contributed by atoms with Crippen molar-refractivity contribution >= 4 is 18.1 Å². The summed E-state index contributed by atoms with van der Waals surface area (Å²) in [4.78, 5) is 0. The van der Waals surface area contributed by atoms with Gasteiger partial charge in [0, 0.05) is 12.6 Å². The van der Waals surface area contributed by atoms with Gasteiger partial charge in [-0.05, 0) is 28.8 Å². The van der Waals surface area contributed by atoms with Crippen LogP contribution in [0.4, 0.5) is 0 Å². The predicted molar refractivity (Wildman–Crippen MR) is 85.3 cm³/mol. The van der Waals surface area contributed by atoms with Crippen molar-refractivity contribution in [3.05, 3.63) is 71.8 Å². The van der Waals surface area contributed by atoms with Gasteiger partial charge in [0.15, 0.2) is 0 Å². The summed E-state index contributed by atoms with van der Waals surface area (Å²) in [6.45, 7) is -2.26. The molecule has 1 saturated heterocycles. The second kappa shape index (κ2) is 6.33. The van der Waals surface area contributed by atoms with Crippen molar-refractivity contribution in [2.75, 3.05) is 6.61 Å². The van der Waals surface area contributed by atoms with E-state index in [1.54, 1.807) is 4.67 Å². The molecule has 5 heteroatoms. The first-order valence-corrected chi connectivity index (χ1v) is 9.42. The van der Waals surface area contributed by atoms with Gasteiger partial charge < -0.3 is 4.52 Å². The SMILES string of the molecule is O=[P@@]1(Cl)OC[C@H](Cc2ccccc2)N1Cc1ccccc1. The number of benzene rings is 2. The first-order chi connectivity index (χ1) is 10.1. The fraction of sp³-hybridized carbons (Fsp3) is 0.250. The molecule has 1 heterocycles. The highest BCUT2D eigenvalue weighted by molar-refractivity contribution is 7.83. The van der Waals surface area contributed by atoms with Crippen LogP contribution in [0.5, 0.6) is 0 Å². The minimum atomic E-state index is -3.21. The van der Waals surface area contributed by atoms with Gasteiger partial charge in [0.1, 0.15) is 0 Å². The van der Waals surface area contributed by atoms with Gasteiger partial charge in [0.25, 0.3) is 0 Å². The zero-order valence-corrected chi connectivity index (χ0v) is 13.2. The average Bonchev–Trinajstić information content (AvgIpc) is 2.77. The summed E-state index contributed by atoms with van der Waals surface area (Å²) in [5, 5.41) is 0. The Morgan fingerprint density at radius 3 is 2.24 bits per heavy atom. The zero-order valence-electron chi connectivity index (χ0n) is 11.6. The lowest BCUT2D eigenvalue weighted by atomic mass is 10.1. The van der Waals surface area contributed by atoms with Gasteiger partial charge in [-0.2, -0.15) is 0 Å². The van der Waals surface area contributed by atoms with Crippen LogP contribution in [0.25, 0.3) is 0 Å². The van der Waals surface area contributed by atoms with E-state index in [1.165, 1.54) is 5.56 Å². The van der Waals surface area contributed by atoms with E-state index in [4.69, 9.17) is 15.8 Å². The highest BCUT2D eigenvalue weighted by Crippen LogP contribution is 2.61. The van der Waals surface area contributed by atoms with E-state index in [-0.39, 0.29) is 6.04 Å². The van der Waals surface area contributed by atoms with Gasteiger partial charge in [0.05, 0.1) is 6.61 Å². The molecule has 1 fully saturated rings. The van der Waals surface area contributed by atoms with Crippen LogP contribution < -0.4 is 0 Å². The summed E-state index contributed by atoms with van der Waals surface area (Å²) in [7, 11) is 0. The Bertz CT molecular complexity index is 635. The third-order valence-electron chi connectivity index (χ3n) is 3.66. The molecule has 21 heavy (non-hydrogen) atoms. The van der Waals surface area contributed by atoms with E-state index in [0.29, 0.717) is 13.2 Å². The molecular weight excluding hydrogens is 305 g/mol. The number of rotatable bonds is 4. The third kappa shape index (κ3) is 3.56. The molecule has 0 aliphatic carbocycles. The quantitative estimate of drug-likeness (QED) is 0.778. The molecule has 0 aromatic heterocycles. The number of halogens is 1. The molecule has 2 aromatic rings. The monoisotopic (exact) mass is 321 g/mol. The molecule has 3 nitrogen and oxygen atoms in total. The molecule has 0 unspecified atom stereocenters. The van der Waals surface area contributed by atoms with Gasteiger partial charge in [-0.1, -0.05) is 60.7 Å². The summed E-state index contributed by atoms with van der Waals surface area (Å²) >= 11 is 6.10. The molecule has 3 rings (SSSR count). The maximum atomic E-state index is 12.4. The third-order valence-corrected chi connectivity index (χ3v) is 6.08. The maximum absolute atomic E-state index is 12.4. The molecule has 2 atom stereocenters. The molecule has 1 aliphatic rings. The highest BCUT2D eigenvalue weighted by atomic mass is 35.7.